The van der Waals surface area contributed by atoms with Crippen molar-refractivity contribution in [1.82, 2.24) is 10.2 Å². The van der Waals surface area contributed by atoms with Gasteiger partial charge < -0.3 is 15.3 Å². The van der Waals surface area contributed by atoms with E-state index in [4.69, 9.17) is 5.11 Å². The Morgan fingerprint density at radius 1 is 1.77 bits per heavy atom. The summed E-state index contributed by atoms with van der Waals surface area (Å²) in [7, 11) is 1.72. The van der Waals surface area contributed by atoms with Crippen molar-refractivity contribution in [3.05, 3.63) is 0 Å². The summed E-state index contributed by atoms with van der Waals surface area (Å²) in [6.45, 7) is 0.252. The smallest absolute Gasteiger partial charge is 0.225 e. The maximum atomic E-state index is 11.2. The summed E-state index contributed by atoms with van der Waals surface area (Å²) >= 11 is 0. The second-order valence-electron chi connectivity index (χ2n) is 3.20. The molecule has 5 heteroatoms. The predicted molar refractivity (Wildman–Crippen MR) is 45.6 cm³/mol. The second-order valence-corrected chi connectivity index (χ2v) is 3.20. The Morgan fingerprint density at radius 3 is 3.00 bits per heavy atom. The number of aliphatic hydroxyl groups is 1. The fourth-order valence-electron chi connectivity index (χ4n) is 1.39. The van der Waals surface area contributed by atoms with Gasteiger partial charge in [0.25, 0.3) is 0 Å². The van der Waals surface area contributed by atoms with Gasteiger partial charge in [-0.1, -0.05) is 0 Å². The number of nitrogens with one attached hydrogen (secondary N) is 1. The van der Waals surface area contributed by atoms with Crippen LogP contribution in [0.25, 0.3) is 0 Å². The minimum absolute atomic E-state index is 0.00987. The number of likely N-dealkylation sites (tertiary alicyclic amines) is 1. The molecule has 1 atom stereocenters. The van der Waals surface area contributed by atoms with Crippen molar-refractivity contribution < 1.29 is 14.7 Å². The van der Waals surface area contributed by atoms with Crippen LogP contribution in [0.15, 0.2) is 0 Å². The summed E-state index contributed by atoms with van der Waals surface area (Å²) in [4.78, 5) is 24.0. The van der Waals surface area contributed by atoms with E-state index in [0.29, 0.717) is 13.0 Å². The van der Waals surface area contributed by atoms with Crippen molar-refractivity contribution in [2.75, 3.05) is 20.3 Å². The molecule has 0 radical (unpaired) electrons. The third-order valence-corrected chi connectivity index (χ3v) is 2.28. The molecule has 0 aromatic rings. The Labute approximate surface area is 76.7 Å². The molecule has 1 aliphatic heterocycles. The minimum Gasteiger partial charge on any atom is -0.377 e. The highest BCUT2D eigenvalue weighted by molar-refractivity contribution is 5.86. The summed E-state index contributed by atoms with van der Waals surface area (Å²) in [6, 6.07) is 0. The molecule has 5 nitrogen and oxygen atoms in total. The van der Waals surface area contributed by atoms with Crippen LogP contribution in [-0.4, -0.2) is 42.1 Å². The first-order valence-corrected chi connectivity index (χ1v) is 4.27. The molecule has 0 spiro atoms. The Bertz CT molecular complexity index is 217. The molecule has 0 aromatic carbocycles. The maximum Gasteiger partial charge on any atom is 0.225 e. The summed E-state index contributed by atoms with van der Waals surface area (Å²) in [5, 5.41) is 10.8. The van der Waals surface area contributed by atoms with E-state index in [1.165, 1.54) is 0 Å². The number of hydrogen-bond donors (Lipinski definition) is 2. The van der Waals surface area contributed by atoms with Gasteiger partial charge in [0, 0.05) is 25.9 Å². The van der Waals surface area contributed by atoms with Crippen LogP contribution in [0, 0.1) is 5.92 Å². The van der Waals surface area contributed by atoms with Crippen molar-refractivity contribution in [3.8, 4) is 0 Å². The van der Waals surface area contributed by atoms with Crippen molar-refractivity contribution >= 4 is 11.8 Å². The standard InChI is InChI=1S/C8H14N2O3/c1-10-3-2-6(4-7(10)12)8(13)9-5-11/h6,11H,2-5H2,1H3,(H,9,13). The fraction of sp³-hybridized carbons (Fsp3) is 0.750. The Hall–Kier alpha value is -1.10. The quantitative estimate of drug-likeness (QED) is 0.539. The average molecular weight is 186 g/mol. The first-order chi connectivity index (χ1) is 6.15. The highest BCUT2D eigenvalue weighted by atomic mass is 16.3. The molecule has 1 rings (SSSR count). The van der Waals surface area contributed by atoms with Gasteiger partial charge in [0.05, 0.1) is 0 Å². The number of amides is 2. The Balaban J connectivity index is 2.45. The van der Waals surface area contributed by atoms with Crippen molar-refractivity contribution in [3.63, 3.8) is 0 Å². The molecular formula is C8H14N2O3. The molecule has 2 N–H and O–H groups in total. The molecule has 1 heterocycles. The second kappa shape index (κ2) is 4.23. The molecule has 1 fully saturated rings. The summed E-state index contributed by atoms with van der Waals surface area (Å²) in [5.41, 5.74) is 0. The Kier molecular flexibility index (Phi) is 3.25. The molecule has 0 bridgehead atoms. The molecule has 74 valence electrons. The van der Waals surface area contributed by atoms with Crippen molar-refractivity contribution in [2.45, 2.75) is 12.8 Å². The fourth-order valence-corrected chi connectivity index (χ4v) is 1.39. The third kappa shape index (κ3) is 2.42. The largest absolute Gasteiger partial charge is 0.377 e. The van der Waals surface area contributed by atoms with Crippen LogP contribution >= 0.6 is 0 Å². The molecule has 1 aliphatic rings. The number of hydrogen-bond acceptors (Lipinski definition) is 3. The van der Waals surface area contributed by atoms with Crippen LogP contribution < -0.4 is 5.32 Å². The Morgan fingerprint density at radius 2 is 2.46 bits per heavy atom. The minimum atomic E-state index is -0.362. The molecule has 0 aliphatic carbocycles. The first kappa shape index (κ1) is 9.98. The third-order valence-electron chi connectivity index (χ3n) is 2.28. The van der Waals surface area contributed by atoms with Crippen molar-refractivity contribution in [1.29, 1.82) is 0 Å². The average Bonchev–Trinajstić information content (AvgIpc) is 2.10. The van der Waals surface area contributed by atoms with E-state index in [1.54, 1.807) is 11.9 Å². The lowest BCUT2D eigenvalue weighted by Crippen LogP contribution is -2.42. The monoisotopic (exact) mass is 186 g/mol. The number of nitrogens with zero attached hydrogens (tertiary/aromatic N) is 1. The number of aliphatic hydroxyl groups excluding tert-OH is 1. The molecule has 0 saturated carbocycles. The van der Waals surface area contributed by atoms with Gasteiger partial charge in [0.2, 0.25) is 11.8 Å². The van der Waals surface area contributed by atoms with E-state index < -0.39 is 0 Å². The van der Waals surface area contributed by atoms with Gasteiger partial charge in [-0.3, -0.25) is 9.59 Å². The summed E-state index contributed by atoms with van der Waals surface area (Å²) in [5.74, 6) is -0.510. The van der Waals surface area contributed by atoms with Crippen LogP contribution in [0.2, 0.25) is 0 Å². The van der Waals surface area contributed by atoms with Crippen LogP contribution in [0.4, 0.5) is 0 Å². The van der Waals surface area contributed by atoms with Crippen LogP contribution in [-0.2, 0) is 9.59 Å². The highest BCUT2D eigenvalue weighted by Crippen LogP contribution is 2.16. The zero-order valence-electron chi connectivity index (χ0n) is 7.62. The molecule has 1 saturated heterocycles. The van der Waals surface area contributed by atoms with Gasteiger partial charge >= 0.3 is 0 Å². The molecule has 0 aromatic heterocycles. The highest BCUT2D eigenvalue weighted by Gasteiger charge is 2.27. The molecule has 1 unspecified atom stereocenters. The number of carbonyl (C=O) groups excluding carboxylic acids is 2. The van der Waals surface area contributed by atoms with Crippen LogP contribution in [0.5, 0.6) is 0 Å². The topological polar surface area (TPSA) is 69.6 Å². The van der Waals surface area contributed by atoms with Gasteiger partial charge in [-0.2, -0.15) is 0 Å². The van der Waals surface area contributed by atoms with Crippen molar-refractivity contribution in [2.24, 2.45) is 5.92 Å². The van der Waals surface area contributed by atoms with E-state index in [9.17, 15) is 9.59 Å². The van der Waals surface area contributed by atoms with E-state index in [-0.39, 0.29) is 30.9 Å². The summed E-state index contributed by atoms with van der Waals surface area (Å²) < 4.78 is 0. The van der Waals surface area contributed by atoms with Gasteiger partial charge in [0.1, 0.15) is 6.73 Å². The van der Waals surface area contributed by atoms with E-state index in [1.807, 2.05) is 0 Å². The van der Waals surface area contributed by atoms with Gasteiger partial charge in [-0.15, -0.1) is 0 Å². The number of piperidine rings is 1. The first-order valence-electron chi connectivity index (χ1n) is 4.27. The lowest BCUT2D eigenvalue weighted by atomic mass is 9.96. The van der Waals surface area contributed by atoms with E-state index in [2.05, 4.69) is 5.32 Å². The van der Waals surface area contributed by atoms with E-state index in [0.717, 1.165) is 0 Å². The lowest BCUT2D eigenvalue weighted by molar-refractivity contribution is -0.139. The van der Waals surface area contributed by atoms with Gasteiger partial charge in [-0.05, 0) is 6.42 Å². The molecular weight excluding hydrogens is 172 g/mol. The predicted octanol–water partition coefficient (Wildman–Crippen LogP) is -1.08. The zero-order valence-corrected chi connectivity index (χ0v) is 7.62. The van der Waals surface area contributed by atoms with Gasteiger partial charge in [0.15, 0.2) is 0 Å². The normalized spacial score (nSPS) is 23.1. The lowest BCUT2D eigenvalue weighted by Gasteiger charge is -2.27. The zero-order chi connectivity index (χ0) is 9.84. The SMILES string of the molecule is CN1CCC(C(=O)NCO)CC1=O. The van der Waals surface area contributed by atoms with Crippen LogP contribution in [0.1, 0.15) is 12.8 Å². The van der Waals surface area contributed by atoms with Gasteiger partial charge in [-0.25, -0.2) is 0 Å². The van der Waals surface area contributed by atoms with Crippen LogP contribution in [0.3, 0.4) is 0 Å². The maximum absolute atomic E-state index is 11.2. The summed E-state index contributed by atoms with van der Waals surface area (Å²) in [6.07, 6.45) is 0.927. The number of carbonyl (C=O) groups is 2. The molecule has 13 heavy (non-hydrogen) atoms. The number of rotatable bonds is 2. The van der Waals surface area contributed by atoms with E-state index >= 15 is 0 Å². The molecule has 2 amide bonds.